The molecule has 0 aromatic heterocycles. The number of piperidine rings is 1. The lowest BCUT2D eigenvalue weighted by Gasteiger charge is -2.36. The Morgan fingerprint density at radius 3 is 2.32 bits per heavy atom. The molecule has 0 bridgehead atoms. The molecule has 1 saturated carbocycles. The number of rotatable bonds is 5. The van der Waals surface area contributed by atoms with Crippen molar-refractivity contribution in [1.82, 2.24) is 10.2 Å². The first-order chi connectivity index (χ1) is 9.15. The smallest absolute Gasteiger partial charge is 0.00980 e. The van der Waals surface area contributed by atoms with Crippen LogP contribution in [-0.4, -0.2) is 36.6 Å². The fourth-order valence-corrected chi connectivity index (χ4v) is 4.30. The second kappa shape index (κ2) is 7.08. The van der Waals surface area contributed by atoms with Crippen LogP contribution < -0.4 is 5.32 Å². The average molecular weight is 266 g/mol. The van der Waals surface area contributed by atoms with Gasteiger partial charge >= 0.3 is 0 Å². The highest BCUT2D eigenvalue weighted by atomic mass is 15.1. The molecule has 2 fully saturated rings. The lowest BCUT2D eigenvalue weighted by molar-refractivity contribution is 0.160. The Kier molecular flexibility index (Phi) is 5.70. The molecule has 1 aliphatic heterocycles. The predicted molar refractivity (Wildman–Crippen MR) is 83.4 cm³/mol. The van der Waals surface area contributed by atoms with Crippen LogP contribution >= 0.6 is 0 Å². The average Bonchev–Trinajstić information content (AvgIpc) is 2.79. The minimum absolute atomic E-state index is 0.710. The van der Waals surface area contributed by atoms with Crippen LogP contribution in [0.15, 0.2) is 0 Å². The highest BCUT2D eigenvalue weighted by molar-refractivity contribution is 4.90. The summed E-state index contributed by atoms with van der Waals surface area (Å²) >= 11 is 0. The summed E-state index contributed by atoms with van der Waals surface area (Å²) in [5.41, 5.74) is 0. The maximum atomic E-state index is 3.98. The van der Waals surface area contributed by atoms with Crippen molar-refractivity contribution in [2.75, 3.05) is 19.6 Å². The number of nitrogens with zero attached hydrogens (tertiary/aromatic N) is 1. The van der Waals surface area contributed by atoms with Crippen LogP contribution in [0.4, 0.5) is 0 Å². The van der Waals surface area contributed by atoms with Gasteiger partial charge in [-0.05, 0) is 70.0 Å². The van der Waals surface area contributed by atoms with Crippen LogP contribution in [0.5, 0.6) is 0 Å². The van der Waals surface area contributed by atoms with Gasteiger partial charge in [-0.15, -0.1) is 0 Å². The van der Waals surface area contributed by atoms with Crippen LogP contribution in [-0.2, 0) is 0 Å². The fourth-order valence-electron chi connectivity index (χ4n) is 4.30. The topological polar surface area (TPSA) is 15.3 Å². The van der Waals surface area contributed by atoms with E-state index in [0.717, 1.165) is 23.8 Å². The summed E-state index contributed by atoms with van der Waals surface area (Å²) in [7, 11) is 0. The first kappa shape index (κ1) is 15.3. The molecule has 2 nitrogen and oxygen atoms in total. The van der Waals surface area contributed by atoms with E-state index in [-0.39, 0.29) is 0 Å². The number of hydrogen-bond donors (Lipinski definition) is 1. The van der Waals surface area contributed by atoms with Crippen molar-refractivity contribution in [1.29, 1.82) is 0 Å². The molecule has 1 N–H and O–H groups in total. The molecule has 1 aliphatic carbocycles. The number of likely N-dealkylation sites (tertiary alicyclic amines) is 1. The maximum Gasteiger partial charge on any atom is 0.00980 e. The van der Waals surface area contributed by atoms with Crippen LogP contribution in [0.1, 0.15) is 59.8 Å². The molecule has 112 valence electrons. The van der Waals surface area contributed by atoms with E-state index < -0.39 is 0 Å². The van der Waals surface area contributed by atoms with E-state index in [0.29, 0.717) is 6.04 Å². The van der Waals surface area contributed by atoms with Gasteiger partial charge in [0.1, 0.15) is 0 Å². The molecule has 0 radical (unpaired) electrons. The van der Waals surface area contributed by atoms with Gasteiger partial charge < -0.3 is 10.2 Å². The Bertz CT molecular complexity index is 258. The molecule has 0 aromatic carbocycles. The second-order valence-corrected chi connectivity index (χ2v) is 6.94. The van der Waals surface area contributed by atoms with Crippen molar-refractivity contribution in [2.24, 2.45) is 17.8 Å². The summed E-state index contributed by atoms with van der Waals surface area (Å²) in [5.74, 6) is 2.74. The lowest BCUT2D eigenvalue weighted by Crippen LogP contribution is -2.46. The monoisotopic (exact) mass is 266 g/mol. The first-order valence-electron chi connectivity index (χ1n) is 8.64. The van der Waals surface area contributed by atoms with E-state index in [4.69, 9.17) is 0 Å². The molecule has 1 heterocycles. The van der Waals surface area contributed by atoms with Gasteiger partial charge in [-0.25, -0.2) is 0 Å². The lowest BCUT2D eigenvalue weighted by atomic mass is 9.88. The summed E-state index contributed by atoms with van der Waals surface area (Å²) in [4.78, 5) is 2.59. The van der Waals surface area contributed by atoms with E-state index in [9.17, 15) is 0 Å². The predicted octanol–water partition coefficient (Wildman–Crippen LogP) is 3.52. The fraction of sp³-hybridized carbons (Fsp3) is 1.00. The SMILES string of the molecule is CCC1CCC(NC(C)C2CCN(CC)CC2)C1C. The van der Waals surface area contributed by atoms with Gasteiger partial charge in [-0.2, -0.15) is 0 Å². The van der Waals surface area contributed by atoms with Gasteiger partial charge in [0.05, 0.1) is 0 Å². The van der Waals surface area contributed by atoms with Gasteiger partial charge in [-0.1, -0.05) is 27.2 Å². The Morgan fingerprint density at radius 2 is 1.79 bits per heavy atom. The van der Waals surface area contributed by atoms with E-state index in [2.05, 4.69) is 37.9 Å². The summed E-state index contributed by atoms with van der Waals surface area (Å²) < 4.78 is 0. The Hall–Kier alpha value is -0.0800. The zero-order valence-corrected chi connectivity index (χ0v) is 13.5. The van der Waals surface area contributed by atoms with Crippen LogP contribution in [0.25, 0.3) is 0 Å². The summed E-state index contributed by atoms with van der Waals surface area (Å²) in [5, 5.41) is 3.98. The highest BCUT2D eigenvalue weighted by Gasteiger charge is 2.33. The molecular weight excluding hydrogens is 232 g/mol. The largest absolute Gasteiger partial charge is 0.311 e. The standard InChI is InChI=1S/C17H34N2/c1-5-15-7-8-17(13(15)3)18-14(4)16-9-11-19(6-2)12-10-16/h13-18H,5-12H2,1-4H3. The molecule has 2 rings (SSSR count). The minimum Gasteiger partial charge on any atom is -0.311 e. The van der Waals surface area contributed by atoms with Crippen molar-refractivity contribution in [2.45, 2.75) is 71.9 Å². The van der Waals surface area contributed by atoms with Crippen molar-refractivity contribution >= 4 is 0 Å². The third-order valence-electron chi connectivity index (χ3n) is 6.01. The zero-order chi connectivity index (χ0) is 13.8. The Labute approximate surface area is 120 Å². The molecule has 0 spiro atoms. The van der Waals surface area contributed by atoms with Gasteiger partial charge in [0.25, 0.3) is 0 Å². The van der Waals surface area contributed by atoms with Crippen molar-refractivity contribution in [3.8, 4) is 0 Å². The third kappa shape index (κ3) is 3.72. The zero-order valence-electron chi connectivity index (χ0n) is 13.5. The van der Waals surface area contributed by atoms with Crippen molar-refractivity contribution in [3.05, 3.63) is 0 Å². The van der Waals surface area contributed by atoms with Gasteiger partial charge in [0, 0.05) is 12.1 Å². The van der Waals surface area contributed by atoms with Crippen LogP contribution in [0, 0.1) is 17.8 Å². The highest BCUT2D eigenvalue weighted by Crippen LogP contribution is 2.34. The van der Waals surface area contributed by atoms with Gasteiger partial charge in [0.2, 0.25) is 0 Å². The van der Waals surface area contributed by atoms with Crippen LogP contribution in [0.3, 0.4) is 0 Å². The molecule has 2 heteroatoms. The van der Waals surface area contributed by atoms with Crippen LogP contribution in [0.2, 0.25) is 0 Å². The van der Waals surface area contributed by atoms with Gasteiger partial charge in [-0.3, -0.25) is 0 Å². The molecular formula is C17H34N2. The summed E-state index contributed by atoms with van der Waals surface area (Å²) in [6.07, 6.45) is 6.98. The molecule has 0 amide bonds. The maximum absolute atomic E-state index is 3.98. The second-order valence-electron chi connectivity index (χ2n) is 6.94. The van der Waals surface area contributed by atoms with Crippen molar-refractivity contribution < 1.29 is 0 Å². The summed E-state index contributed by atoms with van der Waals surface area (Å²) in [6.45, 7) is 13.4. The molecule has 2 aliphatic rings. The first-order valence-corrected chi connectivity index (χ1v) is 8.64. The van der Waals surface area contributed by atoms with E-state index in [1.54, 1.807) is 0 Å². The molecule has 0 aromatic rings. The van der Waals surface area contributed by atoms with Gasteiger partial charge in [0.15, 0.2) is 0 Å². The summed E-state index contributed by atoms with van der Waals surface area (Å²) in [6, 6.07) is 1.49. The molecule has 19 heavy (non-hydrogen) atoms. The molecule has 4 atom stereocenters. The quantitative estimate of drug-likeness (QED) is 0.819. The Balaban J connectivity index is 1.77. The normalized spacial score (nSPS) is 35.7. The minimum atomic E-state index is 0.710. The van der Waals surface area contributed by atoms with E-state index in [1.807, 2.05) is 0 Å². The third-order valence-corrected chi connectivity index (χ3v) is 6.01. The number of nitrogens with one attached hydrogen (secondary N) is 1. The van der Waals surface area contributed by atoms with E-state index >= 15 is 0 Å². The van der Waals surface area contributed by atoms with E-state index in [1.165, 1.54) is 51.7 Å². The Morgan fingerprint density at radius 1 is 1.11 bits per heavy atom. The molecule has 1 saturated heterocycles. The number of hydrogen-bond acceptors (Lipinski definition) is 2. The van der Waals surface area contributed by atoms with Crippen molar-refractivity contribution in [3.63, 3.8) is 0 Å². The molecule has 4 unspecified atom stereocenters.